The minimum Gasteiger partial charge on any atom is -0.392 e. The summed E-state index contributed by atoms with van der Waals surface area (Å²) >= 11 is 0. The fourth-order valence-electron chi connectivity index (χ4n) is 4.69. The van der Waals surface area contributed by atoms with Crippen LogP contribution in [-0.4, -0.2) is 52.1 Å². The van der Waals surface area contributed by atoms with Gasteiger partial charge in [-0.05, 0) is 29.9 Å². The van der Waals surface area contributed by atoms with Crippen molar-refractivity contribution in [3.05, 3.63) is 59.7 Å². The minimum absolute atomic E-state index is 0.327. The Morgan fingerprint density at radius 2 is 1.72 bits per heavy atom. The number of aliphatic hydroxyl groups excluding tert-OH is 2. The van der Waals surface area contributed by atoms with Crippen LogP contribution in [0.3, 0.4) is 0 Å². The van der Waals surface area contributed by atoms with Gasteiger partial charge in [0.25, 0.3) is 0 Å². The van der Waals surface area contributed by atoms with Crippen LogP contribution in [0, 0.1) is 11.8 Å². The standard InChI is InChI=1S/C21H27NO3/c23-18-12-19(24)14-22(13-18)9-8-21(25,17-4-2-1-3-5-17)20-11-15-6-7-16(20)10-15/h1-7,11,15-16,18-19,23-25H,8-10,12-14H2. The fourth-order valence-corrected chi connectivity index (χ4v) is 4.69. The molecule has 4 nitrogen and oxygen atoms in total. The average Bonchev–Trinajstić information content (AvgIpc) is 3.23. The number of β-amino-alcohol motifs (C(OH)–C–C–N with tert-alkyl or cyclic N) is 2. The van der Waals surface area contributed by atoms with Gasteiger partial charge in [-0.1, -0.05) is 48.6 Å². The second-order valence-corrected chi connectivity index (χ2v) is 7.79. The van der Waals surface area contributed by atoms with Crippen molar-refractivity contribution >= 4 is 0 Å². The Morgan fingerprint density at radius 3 is 2.32 bits per heavy atom. The third-order valence-corrected chi connectivity index (χ3v) is 5.91. The van der Waals surface area contributed by atoms with Crippen LogP contribution in [0.4, 0.5) is 0 Å². The molecule has 0 spiro atoms. The molecular formula is C21H27NO3. The zero-order valence-electron chi connectivity index (χ0n) is 14.5. The van der Waals surface area contributed by atoms with E-state index >= 15 is 0 Å². The van der Waals surface area contributed by atoms with E-state index in [9.17, 15) is 15.3 Å². The van der Waals surface area contributed by atoms with Crippen molar-refractivity contribution in [3.8, 4) is 0 Å². The molecule has 3 aliphatic rings. The van der Waals surface area contributed by atoms with Crippen LogP contribution < -0.4 is 0 Å². The minimum atomic E-state index is -0.987. The van der Waals surface area contributed by atoms with Crippen LogP contribution in [0.25, 0.3) is 0 Å². The molecule has 2 aliphatic carbocycles. The fraction of sp³-hybridized carbons (Fsp3) is 0.524. The summed E-state index contributed by atoms with van der Waals surface area (Å²) in [5, 5.41) is 31.5. The van der Waals surface area contributed by atoms with Crippen molar-refractivity contribution in [1.82, 2.24) is 4.90 Å². The van der Waals surface area contributed by atoms with Crippen LogP contribution in [-0.2, 0) is 5.60 Å². The summed E-state index contributed by atoms with van der Waals surface area (Å²) in [6.45, 7) is 1.78. The van der Waals surface area contributed by atoms with Gasteiger partial charge in [0.1, 0.15) is 5.60 Å². The lowest BCUT2D eigenvalue weighted by molar-refractivity contribution is -0.0210. The van der Waals surface area contributed by atoms with Crippen molar-refractivity contribution < 1.29 is 15.3 Å². The maximum Gasteiger partial charge on any atom is 0.112 e. The molecule has 4 rings (SSSR count). The zero-order valence-corrected chi connectivity index (χ0v) is 14.5. The monoisotopic (exact) mass is 341 g/mol. The summed E-state index contributed by atoms with van der Waals surface area (Å²) in [5.41, 5.74) is 1.06. The molecule has 1 saturated heterocycles. The molecule has 1 aromatic carbocycles. The number of likely N-dealkylation sites (tertiary alicyclic amines) is 1. The molecule has 5 atom stereocenters. The lowest BCUT2D eigenvalue weighted by Gasteiger charge is -2.38. The number of fused-ring (bicyclic) bond motifs is 2. The number of allylic oxidation sites excluding steroid dienone is 3. The number of nitrogens with zero attached hydrogens (tertiary/aromatic N) is 1. The Labute approximate surface area is 149 Å². The van der Waals surface area contributed by atoms with Crippen molar-refractivity contribution in [1.29, 1.82) is 0 Å². The van der Waals surface area contributed by atoms with Gasteiger partial charge in [0.2, 0.25) is 0 Å². The van der Waals surface area contributed by atoms with Crippen LogP contribution in [0.15, 0.2) is 54.1 Å². The molecule has 0 saturated carbocycles. The van der Waals surface area contributed by atoms with Crippen molar-refractivity contribution in [2.75, 3.05) is 19.6 Å². The van der Waals surface area contributed by atoms with Crippen molar-refractivity contribution in [3.63, 3.8) is 0 Å². The first-order chi connectivity index (χ1) is 12.0. The molecule has 1 heterocycles. The highest BCUT2D eigenvalue weighted by atomic mass is 16.3. The average molecular weight is 341 g/mol. The SMILES string of the molecule is OC1CC(O)CN(CCC(O)(C2=CC3C=CC2C3)c2ccccc2)C1. The normalized spacial score (nSPS) is 34.1. The Kier molecular flexibility index (Phi) is 4.54. The lowest BCUT2D eigenvalue weighted by atomic mass is 9.78. The Hall–Kier alpha value is -1.46. The highest BCUT2D eigenvalue weighted by molar-refractivity contribution is 5.41. The van der Waals surface area contributed by atoms with Gasteiger partial charge in [-0.2, -0.15) is 0 Å². The Bertz CT molecular complexity index is 661. The molecule has 25 heavy (non-hydrogen) atoms. The summed E-state index contributed by atoms with van der Waals surface area (Å²) in [6.07, 6.45) is 7.80. The molecule has 1 fully saturated rings. The van der Waals surface area contributed by atoms with E-state index in [0.717, 1.165) is 17.6 Å². The van der Waals surface area contributed by atoms with E-state index in [1.54, 1.807) is 0 Å². The number of aliphatic hydroxyl groups is 3. The van der Waals surface area contributed by atoms with Crippen LogP contribution in [0.1, 0.15) is 24.8 Å². The molecule has 5 unspecified atom stereocenters. The first-order valence-corrected chi connectivity index (χ1v) is 9.31. The number of piperidine rings is 1. The zero-order chi connectivity index (χ0) is 17.4. The third-order valence-electron chi connectivity index (χ3n) is 5.91. The van der Waals surface area contributed by atoms with Gasteiger partial charge in [-0.3, -0.25) is 4.90 Å². The van der Waals surface area contributed by atoms with E-state index in [1.165, 1.54) is 0 Å². The van der Waals surface area contributed by atoms with E-state index in [1.807, 2.05) is 30.3 Å². The van der Waals surface area contributed by atoms with Crippen LogP contribution >= 0.6 is 0 Å². The van der Waals surface area contributed by atoms with E-state index in [0.29, 0.717) is 44.3 Å². The quantitative estimate of drug-likeness (QED) is 0.715. The number of hydrogen-bond donors (Lipinski definition) is 3. The van der Waals surface area contributed by atoms with Gasteiger partial charge in [-0.15, -0.1) is 0 Å². The summed E-state index contributed by atoms with van der Waals surface area (Å²) in [5.74, 6) is 0.779. The highest BCUT2D eigenvalue weighted by Crippen LogP contribution is 2.48. The van der Waals surface area contributed by atoms with E-state index < -0.39 is 17.8 Å². The molecular weight excluding hydrogens is 314 g/mol. The summed E-state index contributed by atoms with van der Waals surface area (Å²) < 4.78 is 0. The topological polar surface area (TPSA) is 63.9 Å². The van der Waals surface area contributed by atoms with E-state index in [2.05, 4.69) is 23.1 Å². The van der Waals surface area contributed by atoms with Gasteiger partial charge in [0.05, 0.1) is 12.2 Å². The molecule has 3 N–H and O–H groups in total. The van der Waals surface area contributed by atoms with Crippen molar-refractivity contribution in [2.24, 2.45) is 11.8 Å². The largest absolute Gasteiger partial charge is 0.392 e. The second-order valence-electron chi connectivity index (χ2n) is 7.79. The predicted molar refractivity (Wildman–Crippen MR) is 96.8 cm³/mol. The number of benzene rings is 1. The maximum atomic E-state index is 11.7. The molecule has 0 aromatic heterocycles. The highest BCUT2D eigenvalue weighted by Gasteiger charge is 2.42. The number of rotatable bonds is 5. The second kappa shape index (κ2) is 6.69. The van der Waals surface area contributed by atoms with Gasteiger partial charge >= 0.3 is 0 Å². The molecule has 4 heteroatoms. The molecule has 1 aliphatic heterocycles. The first kappa shape index (κ1) is 17.0. The molecule has 2 bridgehead atoms. The maximum absolute atomic E-state index is 11.7. The van der Waals surface area contributed by atoms with E-state index in [-0.39, 0.29) is 0 Å². The molecule has 1 aromatic rings. The van der Waals surface area contributed by atoms with Gasteiger partial charge in [0, 0.05) is 32.0 Å². The van der Waals surface area contributed by atoms with E-state index in [4.69, 9.17) is 0 Å². The summed E-state index contributed by atoms with van der Waals surface area (Å²) in [7, 11) is 0. The Morgan fingerprint density at radius 1 is 1.00 bits per heavy atom. The lowest BCUT2D eigenvalue weighted by Crippen LogP contribution is -2.47. The summed E-state index contributed by atoms with van der Waals surface area (Å²) in [6, 6.07) is 9.90. The number of hydrogen-bond acceptors (Lipinski definition) is 4. The first-order valence-electron chi connectivity index (χ1n) is 9.31. The Balaban J connectivity index is 1.55. The smallest absolute Gasteiger partial charge is 0.112 e. The molecule has 0 radical (unpaired) electrons. The van der Waals surface area contributed by atoms with Gasteiger partial charge in [0.15, 0.2) is 0 Å². The van der Waals surface area contributed by atoms with Crippen molar-refractivity contribution in [2.45, 2.75) is 37.1 Å². The van der Waals surface area contributed by atoms with Crippen LogP contribution in [0.2, 0.25) is 0 Å². The molecule has 0 amide bonds. The predicted octanol–water partition coefficient (Wildman–Crippen LogP) is 1.82. The molecule has 134 valence electrons. The van der Waals surface area contributed by atoms with Crippen LogP contribution in [0.5, 0.6) is 0 Å². The third kappa shape index (κ3) is 3.32. The summed E-state index contributed by atoms with van der Waals surface area (Å²) in [4.78, 5) is 2.07. The van der Waals surface area contributed by atoms with Gasteiger partial charge in [-0.25, -0.2) is 0 Å². The van der Waals surface area contributed by atoms with Gasteiger partial charge < -0.3 is 15.3 Å².